The van der Waals surface area contributed by atoms with E-state index in [-0.39, 0.29) is 11.5 Å². The van der Waals surface area contributed by atoms with Crippen LogP contribution in [0, 0.1) is 6.92 Å². The fourth-order valence-corrected chi connectivity index (χ4v) is 3.24. The highest BCUT2D eigenvalue weighted by Gasteiger charge is 2.25. The molecule has 5 nitrogen and oxygen atoms in total. The number of hydrogen-bond donors (Lipinski definition) is 1. The molecule has 27 heavy (non-hydrogen) atoms. The Kier molecular flexibility index (Phi) is 5.50. The number of hydrogen-bond acceptors (Lipinski definition) is 3. The monoisotopic (exact) mass is 361 g/mol. The molecular formula is C22H23N3O2. The van der Waals surface area contributed by atoms with E-state index < -0.39 is 5.92 Å². The van der Waals surface area contributed by atoms with Crippen molar-refractivity contribution < 1.29 is 4.79 Å². The Morgan fingerprint density at radius 1 is 1.19 bits per heavy atom. The van der Waals surface area contributed by atoms with Gasteiger partial charge in [0, 0.05) is 18.5 Å². The molecule has 3 rings (SSSR count). The van der Waals surface area contributed by atoms with Crippen LogP contribution in [0.15, 0.2) is 66.0 Å². The van der Waals surface area contributed by atoms with Gasteiger partial charge in [0.25, 0.3) is 5.56 Å². The molecule has 0 aliphatic rings. The van der Waals surface area contributed by atoms with Crippen LogP contribution in [0.1, 0.15) is 29.7 Å². The molecule has 0 aliphatic carbocycles. The molecule has 0 fully saturated rings. The predicted octanol–water partition coefficient (Wildman–Crippen LogP) is 3.55. The lowest BCUT2D eigenvalue weighted by Gasteiger charge is -2.25. The molecular weight excluding hydrogens is 338 g/mol. The van der Waals surface area contributed by atoms with Crippen molar-refractivity contribution in [1.82, 2.24) is 15.1 Å². The number of aryl methyl sites for hydroxylation is 1. The molecule has 0 saturated heterocycles. The van der Waals surface area contributed by atoms with Crippen LogP contribution in [0.2, 0.25) is 0 Å². The van der Waals surface area contributed by atoms with Gasteiger partial charge >= 0.3 is 0 Å². The van der Waals surface area contributed by atoms with Gasteiger partial charge in [0.05, 0.1) is 17.0 Å². The maximum Gasteiger partial charge on any atom is 0.272 e. The van der Waals surface area contributed by atoms with E-state index in [2.05, 4.69) is 16.8 Å². The third-order valence-electron chi connectivity index (χ3n) is 4.79. The molecule has 1 N–H and O–H groups in total. The number of aromatic nitrogens is 2. The van der Waals surface area contributed by atoms with Gasteiger partial charge in [-0.15, -0.1) is 6.58 Å². The quantitative estimate of drug-likeness (QED) is 0.683. The number of benzene rings is 2. The molecule has 2 aromatic carbocycles. The minimum atomic E-state index is -0.490. The number of nitrogens with one attached hydrogen (secondary N) is 1. The predicted molar refractivity (Wildman–Crippen MR) is 108 cm³/mol. The number of carbonyl (C=O) groups is 1. The van der Waals surface area contributed by atoms with Crippen molar-refractivity contribution >= 4 is 16.7 Å². The van der Waals surface area contributed by atoms with Crippen molar-refractivity contribution in [3.05, 3.63) is 88.4 Å². The third kappa shape index (κ3) is 3.82. The molecule has 1 amide bonds. The van der Waals surface area contributed by atoms with E-state index >= 15 is 0 Å². The second-order valence-corrected chi connectivity index (χ2v) is 6.64. The number of aromatic amines is 1. The highest BCUT2D eigenvalue weighted by molar-refractivity contribution is 5.91. The van der Waals surface area contributed by atoms with Gasteiger partial charge in [-0.2, -0.15) is 5.10 Å². The van der Waals surface area contributed by atoms with Gasteiger partial charge < -0.3 is 4.90 Å². The Bertz CT molecular complexity index is 1040. The third-order valence-corrected chi connectivity index (χ3v) is 4.79. The minimum Gasteiger partial charge on any atom is -0.334 e. The second kappa shape index (κ2) is 7.99. The van der Waals surface area contributed by atoms with E-state index in [0.717, 1.165) is 11.1 Å². The molecule has 0 aliphatic heterocycles. The van der Waals surface area contributed by atoms with Crippen LogP contribution in [-0.2, 0) is 11.3 Å². The molecule has 5 heteroatoms. The standard InChI is InChI=1S/C22H23N3O2/c1-4-13-25(14-17-10-6-5-9-15(17)2)22(27)16(3)20-18-11-7-8-12-19(18)21(26)24-23-20/h4-12,16H,1,13-14H2,2-3H3,(H,24,26). The topological polar surface area (TPSA) is 66.1 Å². The summed E-state index contributed by atoms with van der Waals surface area (Å²) < 4.78 is 0. The number of rotatable bonds is 6. The molecule has 1 heterocycles. The van der Waals surface area contributed by atoms with E-state index in [4.69, 9.17) is 0 Å². The van der Waals surface area contributed by atoms with E-state index in [1.54, 1.807) is 23.1 Å². The number of amides is 1. The van der Waals surface area contributed by atoms with Crippen molar-refractivity contribution in [3.8, 4) is 0 Å². The van der Waals surface area contributed by atoms with Crippen LogP contribution >= 0.6 is 0 Å². The molecule has 1 atom stereocenters. The minimum absolute atomic E-state index is 0.0529. The summed E-state index contributed by atoms with van der Waals surface area (Å²) >= 11 is 0. The van der Waals surface area contributed by atoms with Crippen LogP contribution < -0.4 is 5.56 Å². The maximum absolute atomic E-state index is 13.2. The summed E-state index contributed by atoms with van der Waals surface area (Å²) in [5.74, 6) is -0.543. The van der Waals surface area contributed by atoms with Crippen molar-refractivity contribution in [3.63, 3.8) is 0 Å². The Balaban J connectivity index is 1.95. The summed E-state index contributed by atoms with van der Waals surface area (Å²) in [4.78, 5) is 27.0. The van der Waals surface area contributed by atoms with Crippen LogP contribution in [0.4, 0.5) is 0 Å². The fraction of sp³-hybridized carbons (Fsp3) is 0.227. The summed E-state index contributed by atoms with van der Waals surface area (Å²) in [5, 5.41) is 7.94. The van der Waals surface area contributed by atoms with E-state index in [1.807, 2.05) is 50.2 Å². The number of fused-ring (bicyclic) bond motifs is 1. The van der Waals surface area contributed by atoms with Crippen molar-refractivity contribution in [2.75, 3.05) is 6.54 Å². The van der Waals surface area contributed by atoms with E-state index in [0.29, 0.717) is 29.6 Å². The summed E-state index contributed by atoms with van der Waals surface area (Å²) in [5.41, 5.74) is 2.56. The largest absolute Gasteiger partial charge is 0.334 e. The van der Waals surface area contributed by atoms with Gasteiger partial charge in [-0.1, -0.05) is 48.5 Å². The van der Waals surface area contributed by atoms with Crippen molar-refractivity contribution in [2.45, 2.75) is 26.3 Å². The summed E-state index contributed by atoms with van der Waals surface area (Å²) in [6, 6.07) is 15.2. The maximum atomic E-state index is 13.2. The Morgan fingerprint density at radius 3 is 2.56 bits per heavy atom. The van der Waals surface area contributed by atoms with E-state index in [9.17, 15) is 9.59 Å². The number of carbonyl (C=O) groups excluding carboxylic acids is 1. The van der Waals surface area contributed by atoms with Gasteiger partial charge in [-0.3, -0.25) is 9.59 Å². The zero-order chi connectivity index (χ0) is 19.4. The highest BCUT2D eigenvalue weighted by atomic mass is 16.2. The fourth-order valence-electron chi connectivity index (χ4n) is 3.24. The first-order chi connectivity index (χ1) is 13.0. The smallest absolute Gasteiger partial charge is 0.272 e. The molecule has 3 aromatic rings. The van der Waals surface area contributed by atoms with Crippen molar-refractivity contribution in [2.24, 2.45) is 0 Å². The van der Waals surface area contributed by atoms with Crippen molar-refractivity contribution in [1.29, 1.82) is 0 Å². The lowest BCUT2D eigenvalue weighted by atomic mass is 9.99. The second-order valence-electron chi connectivity index (χ2n) is 6.64. The molecule has 0 saturated carbocycles. The summed E-state index contributed by atoms with van der Waals surface area (Å²) in [7, 11) is 0. The Labute approximate surface area is 158 Å². The average molecular weight is 361 g/mol. The number of H-pyrrole nitrogens is 1. The Hall–Kier alpha value is -3.21. The lowest BCUT2D eigenvalue weighted by Crippen LogP contribution is -2.35. The van der Waals surface area contributed by atoms with Gasteiger partial charge in [-0.05, 0) is 31.0 Å². The molecule has 0 radical (unpaired) electrons. The SMILES string of the molecule is C=CCN(Cc1ccccc1C)C(=O)C(C)c1n[nH]c(=O)c2ccccc12. The lowest BCUT2D eigenvalue weighted by molar-refractivity contribution is -0.132. The highest BCUT2D eigenvalue weighted by Crippen LogP contribution is 2.24. The van der Waals surface area contributed by atoms with Gasteiger partial charge in [0.1, 0.15) is 0 Å². The van der Waals surface area contributed by atoms with Crippen LogP contribution in [0.3, 0.4) is 0 Å². The van der Waals surface area contributed by atoms with Crippen LogP contribution in [-0.4, -0.2) is 27.5 Å². The average Bonchev–Trinajstić information content (AvgIpc) is 2.69. The first-order valence-electron chi connectivity index (χ1n) is 8.94. The molecule has 1 aromatic heterocycles. The van der Waals surface area contributed by atoms with Crippen LogP contribution in [0.25, 0.3) is 10.8 Å². The van der Waals surface area contributed by atoms with Gasteiger partial charge in [0.15, 0.2) is 0 Å². The van der Waals surface area contributed by atoms with Gasteiger partial charge in [-0.25, -0.2) is 5.10 Å². The molecule has 1 unspecified atom stereocenters. The molecule has 0 bridgehead atoms. The normalized spacial score (nSPS) is 11.9. The first kappa shape index (κ1) is 18.6. The van der Waals surface area contributed by atoms with Gasteiger partial charge in [0.2, 0.25) is 5.91 Å². The zero-order valence-corrected chi connectivity index (χ0v) is 15.6. The zero-order valence-electron chi connectivity index (χ0n) is 15.6. The van der Waals surface area contributed by atoms with Crippen LogP contribution in [0.5, 0.6) is 0 Å². The summed E-state index contributed by atoms with van der Waals surface area (Å²) in [6.07, 6.45) is 1.72. The Morgan fingerprint density at radius 2 is 1.85 bits per heavy atom. The first-order valence-corrected chi connectivity index (χ1v) is 8.94. The summed E-state index contributed by atoms with van der Waals surface area (Å²) in [6.45, 7) is 8.59. The molecule has 138 valence electrons. The molecule has 0 spiro atoms. The number of nitrogens with zero attached hydrogens (tertiary/aromatic N) is 2. The van der Waals surface area contributed by atoms with E-state index in [1.165, 1.54) is 0 Å².